The van der Waals surface area contributed by atoms with Crippen LogP contribution in [0.2, 0.25) is 0 Å². The van der Waals surface area contributed by atoms with Gasteiger partial charge in [0, 0.05) is 54.8 Å². The van der Waals surface area contributed by atoms with Gasteiger partial charge >= 0.3 is 94.6 Å². The summed E-state index contributed by atoms with van der Waals surface area (Å²) >= 11 is 0. The van der Waals surface area contributed by atoms with Crippen LogP contribution in [-0.4, -0.2) is 42.4 Å². The quantitative estimate of drug-likeness (QED) is 0.193. The summed E-state index contributed by atoms with van der Waals surface area (Å²) < 4.78 is 5.16. The number of amides is 1. The fraction of sp³-hybridized carbons (Fsp3) is 0.500. The number of esters is 1. The molecule has 0 aromatic heterocycles. The average Bonchev–Trinajstić information content (AvgIpc) is 2.72. The number of carbonyl (C=O) groups is 5. The van der Waals surface area contributed by atoms with E-state index in [1.165, 1.54) is 11.8 Å². The van der Waals surface area contributed by atoms with Crippen molar-refractivity contribution in [1.82, 2.24) is 0 Å². The first-order chi connectivity index (χ1) is 15.0. The molecule has 1 rings (SSSR count). The summed E-state index contributed by atoms with van der Waals surface area (Å²) in [5.41, 5.74) is 0.387. The monoisotopic (exact) mass is 517 g/mol. The number of aliphatic carboxylic acids is 3. The smallest absolute Gasteiger partial charge is 0.550 e. The molecule has 35 heavy (non-hydrogen) atoms. The molecule has 5 atom stereocenters. The van der Waals surface area contributed by atoms with Crippen molar-refractivity contribution in [1.29, 1.82) is 0 Å². The van der Waals surface area contributed by atoms with Gasteiger partial charge in [-0.15, -0.1) is 0 Å². The van der Waals surface area contributed by atoms with Crippen molar-refractivity contribution in [3.63, 3.8) is 0 Å². The number of hydrogen-bond donors (Lipinski definition) is 0. The SMILES string of the molecule is CCC(OC(C)=O)C(C(=O)N(CC)c1ccccc1)C(C(=O)[O-])C(C(=O)[O-])C(C)C(=O)[O-].[Na+].[Na+].[Na+]. The molecule has 0 saturated carbocycles. The van der Waals surface area contributed by atoms with Gasteiger partial charge in [-0.2, -0.15) is 0 Å². The predicted octanol–water partition coefficient (Wildman–Crippen LogP) is -10.9. The van der Waals surface area contributed by atoms with E-state index in [1.54, 1.807) is 37.3 Å². The van der Waals surface area contributed by atoms with Gasteiger partial charge in [-0.3, -0.25) is 9.59 Å². The Hall–Kier alpha value is -0.430. The van der Waals surface area contributed by atoms with Gasteiger partial charge in [0.25, 0.3) is 0 Å². The number of carboxylic acids is 3. The summed E-state index contributed by atoms with van der Waals surface area (Å²) in [5.74, 6) is -15.5. The second-order valence-corrected chi connectivity index (χ2v) is 7.30. The van der Waals surface area contributed by atoms with Gasteiger partial charge in [0.2, 0.25) is 5.91 Å². The van der Waals surface area contributed by atoms with E-state index in [0.29, 0.717) is 5.69 Å². The first-order valence-electron chi connectivity index (χ1n) is 10.1. The average molecular weight is 517 g/mol. The number of hydrogen-bond acceptors (Lipinski definition) is 9. The van der Waals surface area contributed by atoms with Gasteiger partial charge in [0.15, 0.2) is 0 Å². The minimum Gasteiger partial charge on any atom is -0.550 e. The molecule has 0 aliphatic carbocycles. The summed E-state index contributed by atoms with van der Waals surface area (Å²) in [5, 5.41) is 35.4. The Labute approximate surface area is 271 Å². The van der Waals surface area contributed by atoms with Gasteiger partial charge in [0.1, 0.15) is 6.10 Å². The van der Waals surface area contributed by atoms with Crippen molar-refractivity contribution >= 4 is 35.5 Å². The van der Waals surface area contributed by atoms with Crippen molar-refractivity contribution in [2.24, 2.45) is 23.7 Å². The Morgan fingerprint density at radius 1 is 0.829 bits per heavy atom. The van der Waals surface area contributed by atoms with Crippen LogP contribution in [0.3, 0.4) is 0 Å². The number of carboxylic acid groups (broad SMARTS) is 3. The van der Waals surface area contributed by atoms with Crippen LogP contribution in [0.15, 0.2) is 30.3 Å². The van der Waals surface area contributed by atoms with E-state index in [2.05, 4.69) is 0 Å². The van der Waals surface area contributed by atoms with E-state index in [4.69, 9.17) is 4.74 Å². The molecule has 0 radical (unpaired) electrons. The Balaban J connectivity index is -0.00000341. The van der Waals surface area contributed by atoms with Gasteiger partial charge in [-0.1, -0.05) is 32.0 Å². The third kappa shape index (κ3) is 10.8. The molecular weight excluding hydrogens is 491 g/mol. The van der Waals surface area contributed by atoms with E-state index in [0.717, 1.165) is 13.8 Å². The topological polar surface area (TPSA) is 167 Å². The minimum absolute atomic E-state index is 0. The van der Waals surface area contributed by atoms with E-state index in [-0.39, 0.29) is 102 Å². The Morgan fingerprint density at radius 3 is 1.66 bits per heavy atom. The molecule has 10 nitrogen and oxygen atoms in total. The van der Waals surface area contributed by atoms with E-state index in [1.807, 2.05) is 0 Å². The second-order valence-electron chi connectivity index (χ2n) is 7.30. The fourth-order valence-electron chi connectivity index (χ4n) is 3.75. The first kappa shape index (κ1) is 39.1. The Bertz CT molecular complexity index is 854. The van der Waals surface area contributed by atoms with Gasteiger partial charge in [0.05, 0.1) is 5.92 Å². The van der Waals surface area contributed by atoms with Crippen LogP contribution < -0.4 is 109 Å². The fourth-order valence-corrected chi connectivity index (χ4v) is 3.75. The number of anilines is 1. The maximum Gasteiger partial charge on any atom is 1.00 e. The molecule has 176 valence electrons. The molecule has 0 aliphatic rings. The molecule has 0 aliphatic heterocycles. The molecule has 0 heterocycles. The van der Waals surface area contributed by atoms with Crippen LogP contribution >= 0.6 is 0 Å². The molecular formula is C22H26NNa3O9. The van der Waals surface area contributed by atoms with Crippen LogP contribution in [0.25, 0.3) is 0 Å². The zero-order valence-corrected chi connectivity index (χ0v) is 27.3. The number of ether oxygens (including phenoxy) is 1. The van der Waals surface area contributed by atoms with Crippen molar-refractivity contribution in [3.8, 4) is 0 Å². The van der Waals surface area contributed by atoms with E-state index in [9.17, 15) is 39.3 Å². The van der Waals surface area contributed by atoms with E-state index < -0.39 is 59.6 Å². The molecule has 0 fully saturated rings. The van der Waals surface area contributed by atoms with Crippen LogP contribution in [-0.2, 0) is 28.7 Å². The third-order valence-electron chi connectivity index (χ3n) is 5.28. The number of rotatable bonds is 12. The molecule has 13 heteroatoms. The molecule has 1 amide bonds. The largest absolute Gasteiger partial charge is 1.00 e. The zero-order valence-electron chi connectivity index (χ0n) is 21.3. The maximum absolute atomic E-state index is 13.6. The van der Waals surface area contributed by atoms with Crippen molar-refractivity contribution in [2.45, 2.75) is 40.2 Å². The molecule has 0 spiro atoms. The summed E-state index contributed by atoms with van der Waals surface area (Å²) in [6.45, 7) is 5.18. The van der Waals surface area contributed by atoms with Crippen molar-refractivity contribution in [3.05, 3.63) is 30.3 Å². The molecule has 1 aromatic rings. The van der Waals surface area contributed by atoms with Crippen molar-refractivity contribution < 1.29 is 133 Å². The molecule has 5 unspecified atom stereocenters. The van der Waals surface area contributed by atoms with Gasteiger partial charge < -0.3 is 39.3 Å². The van der Waals surface area contributed by atoms with Crippen molar-refractivity contribution in [2.75, 3.05) is 11.4 Å². The summed E-state index contributed by atoms with van der Waals surface area (Å²) in [7, 11) is 0. The van der Waals surface area contributed by atoms with Crippen LogP contribution in [0.1, 0.15) is 34.1 Å². The van der Waals surface area contributed by atoms with Gasteiger partial charge in [-0.25, -0.2) is 0 Å². The minimum atomic E-state index is -2.18. The summed E-state index contributed by atoms with van der Waals surface area (Å²) in [4.78, 5) is 61.8. The molecule has 0 N–H and O–H groups in total. The first-order valence-corrected chi connectivity index (χ1v) is 10.1. The molecule has 0 bridgehead atoms. The zero-order chi connectivity index (χ0) is 24.6. The maximum atomic E-state index is 13.6. The third-order valence-corrected chi connectivity index (χ3v) is 5.28. The second kappa shape index (κ2) is 18.8. The predicted molar refractivity (Wildman–Crippen MR) is 105 cm³/mol. The molecule has 1 aromatic carbocycles. The van der Waals surface area contributed by atoms with Crippen LogP contribution in [0.5, 0.6) is 0 Å². The Morgan fingerprint density at radius 2 is 1.31 bits per heavy atom. The van der Waals surface area contributed by atoms with Gasteiger partial charge in [-0.05, 0) is 25.5 Å². The van der Waals surface area contributed by atoms with Crippen LogP contribution in [0, 0.1) is 23.7 Å². The summed E-state index contributed by atoms with van der Waals surface area (Å²) in [6, 6.07) is 8.15. The summed E-state index contributed by atoms with van der Waals surface area (Å²) in [6.07, 6.45) is -1.41. The number of nitrogens with zero attached hydrogens (tertiary/aromatic N) is 1. The van der Waals surface area contributed by atoms with E-state index >= 15 is 0 Å². The normalized spacial score (nSPS) is 14.2. The number of carbonyl (C=O) groups excluding carboxylic acids is 5. The standard InChI is InChI=1S/C22H29NO9.3Na/c1-5-15(32-13(4)24)17(19(25)23(6-2)14-10-8-7-9-11-14)18(22(30)31)16(21(28)29)12(3)20(26)27;;;/h7-12,15-18H,5-6H2,1-4H3,(H,26,27)(H,28,29)(H,30,31);;;/q;3*+1/p-3. The Kier molecular flexibility index (Phi) is 21.0. The molecule has 0 saturated heterocycles. The number of para-hydroxylation sites is 1. The number of benzene rings is 1. The van der Waals surface area contributed by atoms with Crippen LogP contribution in [0.4, 0.5) is 5.69 Å².